The zero-order valence-electron chi connectivity index (χ0n) is 9.99. The van der Waals surface area contributed by atoms with Crippen LogP contribution in [0.4, 0.5) is 0 Å². The molecule has 16 heavy (non-hydrogen) atoms. The van der Waals surface area contributed by atoms with Gasteiger partial charge in [0.2, 0.25) is 11.8 Å². The standard InChI is InChI=1S/C11H20N2O3/c1-3-16-8-9(2)12-6-7-13-10(14)4-5-11(13)15/h9,12H,3-8H2,1-2H3. The second-order valence-electron chi connectivity index (χ2n) is 3.95. The van der Waals surface area contributed by atoms with Gasteiger partial charge in [-0.05, 0) is 13.8 Å². The molecule has 1 fully saturated rings. The average molecular weight is 228 g/mol. The Labute approximate surface area is 96.1 Å². The van der Waals surface area contributed by atoms with Crippen LogP contribution < -0.4 is 5.32 Å². The number of nitrogens with zero attached hydrogens (tertiary/aromatic N) is 1. The van der Waals surface area contributed by atoms with E-state index in [0.717, 1.165) is 0 Å². The lowest BCUT2D eigenvalue weighted by molar-refractivity contribution is -0.138. The molecule has 0 aromatic carbocycles. The smallest absolute Gasteiger partial charge is 0.229 e. The fourth-order valence-corrected chi connectivity index (χ4v) is 1.65. The first-order valence-corrected chi connectivity index (χ1v) is 5.79. The van der Waals surface area contributed by atoms with Crippen LogP contribution in [0.3, 0.4) is 0 Å². The molecule has 1 N–H and O–H groups in total. The van der Waals surface area contributed by atoms with Crippen LogP contribution in [0, 0.1) is 0 Å². The van der Waals surface area contributed by atoms with Crippen molar-refractivity contribution in [2.75, 3.05) is 26.3 Å². The molecule has 0 aromatic heterocycles. The Morgan fingerprint density at radius 3 is 2.56 bits per heavy atom. The number of amides is 2. The van der Waals surface area contributed by atoms with E-state index in [4.69, 9.17) is 4.74 Å². The van der Waals surface area contributed by atoms with Crippen molar-refractivity contribution in [3.05, 3.63) is 0 Å². The lowest BCUT2D eigenvalue weighted by Gasteiger charge is -2.17. The molecule has 1 aliphatic rings. The molecule has 1 heterocycles. The van der Waals surface area contributed by atoms with E-state index >= 15 is 0 Å². The zero-order valence-corrected chi connectivity index (χ0v) is 9.99. The number of nitrogens with one attached hydrogen (secondary N) is 1. The quantitative estimate of drug-likeness (QED) is 0.630. The highest BCUT2D eigenvalue weighted by Crippen LogP contribution is 2.10. The molecule has 0 spiro atoms. The van der Waals surface area contributed by atoms with E-state index in [0.29, 0.717) is 39.1 Å². The van der Waals surface area contributed by atoms with Crippen molar-refractivity contribution >= 4 is 11.8 Å². The fraction of sp³-hybridized carbons (Fsp3) is 0.818. The molecule has 2 amide bonds. The van der Waals surface area contributed by atoms with Gasteiger partial charge >= 0.3 is 0 Å². The maximum atomic E-state index is 11.3. The monoisotopic (exact) mass is 228 g/mol. The van der Waals surface area contributed by atoms with Gasteiger partial charge in [0.25, 0.3) is 0 Å². The normalized spacial score (nSPS) is 18.2. The predicted molar refractivity (Wildman–Crippen MR) is 59.9 cm³/mol. The van der Waals surface area contributed by atoms with Crippen LogP contribution in [-0.4, -0.2) is 49.1 Å². The number of imide groups is 1. The summed E-state index contributed by atoms with van der Waals surface area (Å²) < 4.78 is 5.25. The summed E-state index contributed by atoms with van der Waals surface area (Å²) >= 11 is 0. The van der Waals surface area contributed by atoms with Crippen LogP contribution >= 0.6 is 0 Å². The van der Waals surface area contributed by atoms with Crippen molar-refractivity contribution in [1.82, 2.24) is 10.2 Å². The number of hydrogen-bond donors (Lipinski definition) is 1. The van der Waals surface area contributed by atoms with Gasteiger partial charge in [-0.25, -0.2) is 0 Å². The molecule has 1 saturated heterocycles. The molecule has 5 nitrogen and oxygen atoms in total. The van der Waals surface area contributed by atoms with Crippen LogP contribution in [0.15, 0.2) is 0 Å². The van der Waals surface area contributed by atoms with Crippen molar-refractivity contribution in [2.24, 2.45) is 0 Å². The Hall–Kier alpha value is -0.940. The molecular weight excluding hydrogens is 208 g/mol. The summed E-state index contributed by atoms with van der Waals surface area (Å²) in [5.41, 5.74) is 0. The van der Waals surface area contributed by atoms with Crippen molar-refractivity contribution in [1.29, 1.82) is 0 Å². The molecule has 0 bridgehead atoms. The van der Waals surface area contributed by atoms with E-state index in [9.17, 15) is 9.59 Å². The number of rotatable bonds is 7. The van der Waals surface area contributed by atoms with Gasteiger partial charge < -0.3 is 10.1 Å². The second kappa shape index (κ2) is 6.60. The van der Waals surface area contributed by atoms with Crippen molar-refractivity contribution in [3.8, 4) is 0 Å². The molecule has 0 aromatic rings. The molecule has 1 aliphatic heterocycles. The average Bonchev–Trinajstić information content (AvgIpc) is 2.57. The van der Waals surface area contributed by atoms with E-state index in [1.807, 2.05) is 13.8 Å². The summed E-state index contributed by atoms with van der Waals surface area (Å²) in [5, 5.41) is 3.21. The minimum atomic E-state index is -0.0516. The van der Waals surface area contributed by atoms with Crippen molar-refractivity contribution in [2.45, 2.75) is 32.7 Å². The molecule has 92 valence electrons. The van der Waals surface area contributed by atoms with Gasteiger partial charge in [-0.15, -0.1) is 0 Å². The Balaban J connectivity index is 2.15. The van der Waals surface area contributed by atoms with Crippen molar-refractivity contribution in [3.63, 3.8) is 0 Å². The Morgan fingerprint density at radius 1 is 1.38 bits per heavy atom. The summed E-state index contributed by atoms with van der Waals surface area (Å²) in [6.45, 7) is 6.42. The third-order valence-electron chi connectivity index (χ3n) is 2.56. The fourth-order valence-electron chi connectivity index (χ4n) is 1.65. The van der Waals surface area contributed by atoms with Crippen molar-refractivity contribution < 1.29 is 14.3 Å². The molecule has 1 atom stereocenters. The first-order valence-electron chi connectivity index (χ1n) is 5.79. The van der Waals surface area contributed by atoms with E-state index in [1.54, 1.807) is 0 Å². The summed E-state index contributed by atoms with van der Waals surface area (Å²) in [6.07, 6.45) is 0.737. The van der Waals surface area contributed by atoms with Gasteiger partial charge in [-0.3, -0.25) is 14.5 Å². The first kappa shape index (κ1) is 13.1. The van der Waals surface area contributed by atoms with Gasteiger partial charge in [-0.2, -0.15) is 0 Å². The van der Waals surface area contributed by atoms with E-state index in [2.05, 4.69) is 5.32 Å². The molecule has 1 rings (SSSR count). The van der Waals surface area contributed by atoms with Gasteiger partial charge in [0.05, 0.1) is 6.61 Å². The van der Waals surface area contributed by atoms with Crippen LogP contribution in [-0.2, 0) is 14.3 Å². The highest BCUT2D eigenvalue weighted by atomic mass is 16.5. The summed E-state index contributed by atoms with van der Waals surface area (Å²) in [7, 11) is 0. The van der Waals surface area contributed by atoms with Crippen LogP contribution in [0.1, 0.15) is 26.7 Å². The molecule has 0 saturated carbocycles. The molecular formula is C11H20N2O3. The molecule has 0 radical (unpaired) electrons. The second-order valence-corrected chi connectivity index (χ2v) is 3.95. The van der Waals surface area contributed by atoms with Crippen LogP contribution in [0.5, 0.6) is 0 Å². The number of likely N-dealkylation sites (tertiary alicyclic amines) is 1. The van der Waals surface area contributed by atoms with E-state index in [1.165, 1.54) is 4.90 Å². The maximum Gasteiger partial charge on any atom is 0.229 e. The number of carbonyl (C=O) groups is 2. The SMILES string of the molecule is CCOCC(C)NCCN1C(=O)CCC1=O. The first-order chi connectivity index (χ1) is 7.65. The van der Waals surface area contributed by atoms with E-state index in [-0.39, 0.29) is 17.9 Å². The van der Waals surface area contributed by atoms with Crippen LogP contribution in [0.25, 0.3) is 0 Å². The number of hydrogen-bond acceptors (Lipinski definition) is 4. The highest BCUT2D eigenvalue weighted by molar-refractivity contribution is 6.01. The zero-order chi connectivity index (χ0) is 12.0. The Bertz CT molecular complexity index is 240. The van der Waals surface area contributed by atoms with Gasteiger partial charge in [-0.1, -0.05) is 0 Å². The summed E-state index contributed by atoms with van der Waals surface area (Å²) in [4.78, 5) is 23.9. The summed E-state index contributed by atoms with van der Waals surface area (Å²) in [6, 6.07) is 0.243. The summed E-state index contributed by atoms with van der Waals surface area (Å²) in [5.74, 6) is -0.103. The van der Waals surface area contributed by atoms with Gasteiger partial charge in [0.15, 0.2) is 0 Å². The minimum absolute atomic E-state index is 0.0516. The lowest BCUT2D eigenvalue weighted by Crippen LogP contribution is -2.39. The third-order valence-corrected chi connectivity index (χ3v) is 2.56. The Morgan fingerprint density at radius 2 is 2.00 bits per heavy atom. The van der Waals surface area contributed by atoms with Gasteiger partial charge in [0, 0.05) is 38.6 Å². The van der Waals surface area contributed by atoms with Gasteiger partial charge in [0.1, 0.15) is 0 Å². The van der Waals surface area contributed by atoms with E-state index < -0.39 is 0 Å². The number of carbonyl (C=O) groups excluding carboxylic acids is 2. The maximum absolute atomic E-state index is 11.3. The number of ether oxygens (including phenoxy) is 1. The topological polar surface area (TPSA) is 58.6 Å². The molecule has 1 unspecified atom stereocenters. The minimum Gasteiger partial charge on any atom is -0.380 e. The molecule has 5 heteroatoms. The largest absolute Gasteiger partial charge is 0.380 e. The highest BCUT2D eigenvalue weighted by Gasteiger charge is 2.27. The Kier molecular flexibility index (Phi) is 5.42. The predicted octanol–water partition coefficient (Wildman–Crippen LogP) is 0.150. The third kappa shape index (κ3) is 3.90. The lowest BCUT2D eigenvalue weighted by atomic mass is 10.3. The van der Waals surface area contributed by atoms with Crippen LogP contribution in [0.2, 0.25) is 0 Å². The molecule has 0 aliphatic carbocycles.